The fourth-order valence-electron chi connectivity index (χ4n) is 3.25. The van der Waals surface area contributed by atoms with Gasteiger partial charge in [0.25, 0.3) is 0 Å². The number of nitrogens with zero attached hydrogens (tertiary/aromatic N) is 1. The summed E-state index contributed by atoms with van der Waals surface area (Å²) in [6.45, 7) is 1.86. The number of nitrogens with one attached hydrogen (secondary N) is 2. The quantitative estimate of drug-likeness (QED) is 0.794. The molecule has 0 aliphatic heterocycles. The number of carbonyl (C=O) groups excluding carboxylic acids is 1. The summed E-state index contributed by atoms with van der Waals surface area (Å²) in [5, 5.41) is 6.26. The lowest BCUT2D eigenvalue weighted by Crippen LogP contribution is -2.44. The first-order valence-corrected chi connectivity index (χ1v) is 10.8. The van der Waals surface area contributed by atoms with E-state index in [-0.39, 0.29) is 16.8 Å². The molecule has 1 aromatic carbocycles. The largest absolute Gasteiger partial charge is 0.325 e. The van der Waals surface area contributed by atoms with Crippen molar-refractivity contribution in [1.82, 2.24) is 9.62 Å². The van der Waals surface area contributed by atoms with Gasteiger partial charge in [0.2, 0.25) is 15.9 Å². The molecule has 2 rings (SSSR count). The molecule has 0 unspecified atom stereocenters. The molecule has 0 bridgehead atoms. The Kier molecular flexibility index (Phi) is 7.61. The van der Waals surface area contributed by atoms with Crippen LogP contribution in [0, 0.1) is 0 Å². The monoisotopic (exact) mass is 381 g/mol. The molecule has 0 radical (unpaired) electrons. The normalized spacial score (nSPS) is 18.2. The van der Waals surface area contributed by atoms with Crippen molar-refractivity contribution >= 4 is 21.6 Å². The van der Waals surface area contributed by atoms with Gasteiger partial charge < -0.3 is 10.6 Å². The van der Waals surface area contributed by atoms with Gasteiger partial charge >= 0.3 is 0 Å². The molecule has 1 aromatic rings. The molecule has 0 spiro atoms. The summed E-state index contributed by atoms with van der Waals surface area (Å²) in [6, 6.07) is 6.41. The number of hydrogen-bond donors (Lipinski definition) is 2. The molecule has 1 fully saturated rings. The van der Waals surface area contributed by atoms with E-state index in [1.807, 2.05) is 6.92 Å². The third-order valence-corrected chi connectivity index (χ3v) is 6.68. The molecule has 0 aromatic heterocycles. The summed E-state index contributed by atoms with van der Waals surface area (Å²) in [5.41, 5.74) is 0.490. The summed E-state index contributed by atoms with van der Waals surface area (Å²) >= 11 is 0. The second-order valence-electron chi connectivity index (χ2n) is 7.23. The summed E-state index contributed by atoms with van der Waals surface area (Å²) < 4.78 is 25.6. The van der Waals surface area contributed by atoms with Crippen LogP contribution in [0.1, 0.15) is 51.9 Å². The Balaban J connectivity index is 1.98. The molecular formula is C19H31N3O3S. The topological polar surface area (TPSA) is 78.5 Å². The zero-order valence-corrected chi connectivity index (χ0v) is 16.8. The minimum absolute atomic E-state index is 0.147. The summed E-state index contributed by atoms with van der Waals surface area (Å²) in [7, 11) is -0.544. The number of rotatable bonds is 6. The lowest BCUT2D eigenvalue weighted by Gasteiger charge is -2.24. The predicted molar refractivity (Wildman–Crippen MR) is 105 cm³/mol. The van der Waals surface area contributed by atoms with Crippen molar-refractivity contribution in [3.63, 3.8) is 0 Å². The van der Waals surface area contributed by atoms with Crippen LogP contribution >= 0.6 is 0 Å². The van der Waals surface area contributed by atoms with Crippen LogP contribution in [0.15, 0.2) is 29.2 Å². The predicted octanol–water partition coefficient (Wildman–Crippen LogP) is 2.97. The fraction of sp³-hybridized carbons (Fsp3) is 0.632. The van der Waals surface area contributed by atoms with Crippen molar-refractivity contribution in [3.8, 4) is 0 Å². The smallest absolute Gasteiger partial charge is 0.242 e. The van der Waals surface area contributed by atoms with E-state index in [1.165, 1.54) is 58.3 Å². The third kappa shape index (κ3) is 5.79. The molecule has 7 heteroatoms. The van der Waals surface area contributed by atoms with E-state index < -0.39 is 10.0 Å². The van der Waals surface area contributed by atoms with E-state index in [0.717, 1.165) is 17.1 Å². The number of anilines is 1. The summed E-state index contributed by atoms with van der Waals surface area (Å²) in [4.78, 5) is 12.7. The Morgan fingerprint density at radius 3 is 2.35 bits per heavy atom. The molecule has 26 heavy (non-hydrogen) atoms. The molecule has 1 saturated carbocycles. The molecule has 6 nitrogen and oxygen atoms in total. The Morgan fingerprint density at radius 2 is 1.73 bits per heavy atom. The highest BCUT2D eigenvalue weighted by molar-refractivity contribution is 7.89. The molecule has 0 heterocycles. The third-order valence-electron chi connectivity index (χ3n) is 4.86. The first-order valence-electron chi connectivity index (χ1n) is 9.40. The summed E-state index contributed by atoms with van der Waals surface area (Å²) in [5.74, 6) is -0.147. The maximum absolute atomic E-state index is 12.5. The van der Waals surface area contributed by atoms with Gasteiger partial charge in [0.15, 0.2) is 0 Å². The van der Waals surface area contributed by atoms with Gasteiger partial charge in [0, 0.05) is 25.8 Å². The van der Waals surface area contributed by atoms with E-state index in [4.69, 9.17) is 0 Å². The van der Waals surface area contributed by atoms with E-state index in [9.17, 15) is 13.2 Å². The average molecular weight is 382 g/mol. The van der Waals surface area contributed by atoms with Gasteiger partial charge in [-0.05, 0) is 38.0 Å². The summed E-state index contributed by atoms with van der Waals surface area (Å²) in [6.07, 6.45) is 8.47. The Hall–Kier alpha value is -1.44. The van der Waals surface area contributed by atoms with Gasteiger partial charge in [-0.2, -0.15) is 0 Å². The van der Waals surface area contributed by atoms with Crippen LogP contribution in [0.25, 0.3) is 0 Å². The maximum atomic E-state index is 12.5. The van der Waals surface area contributed by atoms with Gasteiger partial charge in [0.1, 0.15) is 0 Å². The number of sulfonamides is 1. The minimum Gasteiger partial charge on any atom is -0.325 e. The SMILES string of the molecule is C[C@H](NC1CCCCCCC1)C(=O)Nc1cccc(S(=O)(=O)N(C)C)c1. The van der Waals surface area contributed by atoms with Gasteiger partial charge in [-0.15, -0.1) is 0 Å². The Morgan fingerprint density at radius 1 is 1.12 bits per heavy atom. The molecule has 2 N–H and O–H groups in total. The molecule has 1 amide bonds. The van der Waals surface area contributed by atoms with E-state index >= 15 is 0 Å². The van der Waals surface area contributed by atoms with Gasteiger partial charge in [-0.1, -0.05) is 38.2 Å². The van der Waals surface area contributed by atoms with E-state index in [1.54, 1.807) is 12.1 Å². The molecular weight excluding hydrogens is 350 g/mol. The van der Waals surface area contributed by atoms with Gasteiger partial charge in [0.05, 0.1) is 10.9 Å². The first-order chi connectivity index (χ1) is 12.3. The highest BCUT2D eigenvalue weighted by atomic mass is 32.2. The standard InChI is InChI=1S/C19H31N3O3S/c1-15(20-16-10-7-5-4-6-8-11-16)19(23)21-17-12-9-13-18(14-17)26(24,25)22(2)3/h9,12-16,20H,4-8,10-11H2,1-3H3,(H,21,23)/t15-/m0/s1. The molecule has 1 aliphatic carbocycles. The van der Waals surface area contributed by atoms with Crippen LogP contribution in [0.2, 0.25) is 0 Å². The zero-order chi connectivity index (χ0) is 19.2. The van der Waals surface area contributed by atoms with Crippen molar-refractivity contribution in [2.75, 3.05) is 19.4 Å². The Labute approximate surface area is 157 Å². The van der Waals surface area contributed by atoms with Crippen LogP contribution in [0.4, 0.5) is 5.69 Å². The highest BCUT2D eigenvalue weighted by Gasteiger charge is 2.20. The van der Waals surface area contributed by atoms with E-state index in [0.29, 0.717) is 11.7 Å². The van der Waals surface area contributed by atoms with Crippen molar-refractivity contribution < 1.29 is 13.2 Å². The van der Waals surface area contributed by atoms with Gasteiger partial charge in [-0.3, -0.25) is 4.79 Å². The van der Waals surface area contributed by atoms with Crippen LogP contribution in [-0.2, 0) is 14.8 Å². The number of benzene rings is 1. The molecule has 1 atom stereocenters. The van der Waals surface area contributed by atoms with Crippen LogP contribution in [-0.4, -0.2) is 44.8 Å². The number of hydrogen-bond acceptors (Lipinski definition) is 4. The average Bonchev–Trinajstić information content (AvgIpc) is 2.57. The maximum Gasteiger partial charge on any atom is 0.242 e. The Bertz CT molecular complexity index is 696. The van der Waals surface area contributed by atoms with Gasteiger partial charge in [-0.25, -0.2) is 12.7 Å². The molecule has 146 valence electrons. The van der Waals surface area contributed by atoms with Crippen molar-refractivity contribution in [1.29, 1.82) is 0 Å². The fourth-order valence-corrected chi connectivity index (χ4v) is 4.20. The van der Waals surface area contributed by atoms with Crippen LogP contribution in [0.5, 0.6) is 0 Å². The molecule has 1 aliphatic rings. The van der Waals surface area contributed by atoms with Crippen molar-refractivity contribution in [2.45, 2.75) is 68.8 Å². The lowest BCUT2D eigenvalue weighted by atomic mass is 9.96. The minimum atomic E-state index is -3.52. The first kappa shape index (κ1) is 20.9. The second kappa shape index (κ2) is 9.48. The van der Waals surface area contributed by atoms with Crippen molar-refractivity contribution in [2.24, 2.45) is 0 Å². The van der Waals surface area contributed by atoms with Crippen molar-refractivity contribution in [3.05, 3.63) is 24.3 Å². The molecule has 0 saturated heterocycles. The van der Waals surface area contributed by atoms with Crippen LogP contribution < -0.4 is 10.6 Å². The number of carbonyl (C=O) groups is 1. The van der Waals surface area contributed by atoms with Crippen LogP contribution in [0.3, 0.4) is 0 Å². The lowest BCUT2D eigenvalue weighted by molar-refractivity contribution is -0.118. The van der Waals surface area contributed by atoms with E-state index in [2.05, 4.69) is 10.6 Å². The second-order valence-corrected chi connectivity index (χ2v) is 9.39. The number of amides is 1. The highest BCUT2D eigenvalue weighted by Crippen LogP contribution is 2.19. The zero-order valence-electron chi connectivity index (χ0n) is 16.0.